The molecule has 0 saturated carbocycles. The van der Waals surface area contributed by atoms with Crippen molar-refractivity contribution in [2.75, 3.05) is 10.0 Å². The lowest BCUT2D eigenvalue weighted by molar-refractivity contribution is 0.102. The Labute approximate surface area is 156 Å². The van der Waals surface area contributed by atoms with Gasteiger partial charge in [0, 0.05) is 16.9 Å². The van der Waals surface area contributed by atoms with Gasteiger partial charge in [-0.05, 0) is 67.6 Å². The zero-order chi connectivity index (χ0) is 19.4. The van der Waals surface area contributed by atoms with E-state index in [-0.39, 0.29) is 10.8 Å². The summed E-state index contributed by atoms with van der Waals surface area (Å²) < 4.78 is 39.9. The summed E-state index contributed by atoms with van der Waals surface area (Å²) >= 11 is 0. The van der Waals surface area contributed by atoms with E-state index >= 15 is 0 Å². The predicted molar refractivity (Wildman–Crippen MR) is 103 cm³/mol. The van der Waals surface area contributed by atoms with Gasteiger partial charge in [0.15, 0.2) is 0 Å². The number of hydrogen-bond donors (Lipinski definition) is 2. The molecule has 0 radical (unpaired) electrons. The van der Waals surface area contributed by atoms with Gasteiger partial charge in [-0.3, -0.25) is 9.52 Å². The molecule has 0 atom stereocenters. The van der Waals surface area contributed by atoms with Crippen LogP contribution in [0.5, 0.6) is 0 Å². The molecule has 3 aromatic rings. The Hall–Kier alpha value is -3.19. The average molecular weight is 384 g/mol. The summed E-state index contributed by atoms with van der Waals surface area (Å²) in [5.74, 6) is -0.815. The molecule has 0 aromatic heterocycles. The first-order valence-electron chi connectivity index (χ1n) is 8.10. The third kappa shape index (κ3) is 4.71. The second-order valence-electron chi connectivity index (χ2n) is 5.96. The Morgan fingerprint density at radius 1 is 0.815 bits per heavy atom. The molecule has 1 amide bonds. The van der Waals surface area contributed by atoms with E-state index in [4.69, 9.17) is 0 Å². The average Bonchev–Trinajstić information content (AvgIpc) is 2.64. The minimum absolute atomic E-state index is 0.0508. The first kappa shape index (κ1) is 18.6. The first-order chi connectivity index (χ1) is 12.8. The van der Waals surface area contributed by atoms with E-state index in [1.165, 1.54) is 36.4 Å². The van der Waals surface area contributed by atoms with E-state index < -0.39 is 15.8 Å². The van der Waals surface area contributed by atoms with Gasteiger partial charge in [0.1, 0.15) is 5.82 Å². The van der Waals surface area contributed by atoms with Crippen LogP contribution in [0.15, 0.2) is 77.7 Å². The zero-order valence-electron chi connectivity index (χ0n) is 14.4. The van der Waals surface area contributed by atoms with Crippen molar-refractivity contribution in [3.63, 3.8) is 0 Å². The molecule has 0 aliphatic carbocycles. The quantitative estimate of drug-likeness (QED) is 0.693. The number of aryl methyl sites for hydroxylation is 1. The van der Waals surface area contributed by atoms with Crippen molar-refractivity contribution >= 4 is 27.3 Å². The van der Waals surface area contributed by atoms with E-state index in [2.05, 4.69) is 10.0 Å². The molecule has 0 saturated heterocycles. The lowest BCUT2D eigenvalue weighted by atomic mass is 10.2. The number of hydrogen-bond acceptors (Lipinski definition) is 3. The smallest absolute Gasteiger partial charge is 0.261 e. The second kappa shape index (κ2) is 7.59. The summed E-state index contributed by atoms with van der Waals surface area (Å²) in [7, 11) is -3.83. The fraction of sp³-hybridized carbons (Fsp3) is 0.0500. The third-order valence-electron chi connectivity index (χ3n) is 3.83. The summed E-state index contributed by atoms with van der Waals surface area (Å²) in [6, 6.07) is 17.9. The molecule has 5 nitrogen and oxygen atoms in total. The van der Waals surface area contributed by atoms with E-state index in [1.807, 2.05) is 19.1 Å². The standard InChI is InChI=1S/C20H17FN2O3S/c1-14-2-8-17(9-3-14)22-20(24)15-4-10-18(11-5-15)23-27(25,26)19-12-6-16(21)7-13-19/h2-13,23H,1H3,(H,22,24). The molecule has 0 aliphatic rings. The van der Waals surface area contributed by atoms with Crippen molar-refractivity contribution in [1.82, 2.24) is 0 Å². The lowest BCUT2D eigenvalue weighted by Gasteiger charge is -2.09. The third-order valence-corrected chi connectivity index (χ3v) is 5.23. The minimum atomic E-state index is -3.83. The number of nitrogens with one attached hydrogen (secondary N) is 2. The predicted octanol–water partition coefficient (Wildman–Crippen LogP) is 4.19. The van der Waals surface area contributed by atoms with Crippen LogP contribution < -0.4 is 10.0 Å². The maximum Gasteiger partial charge on any atom is 0.261 e. The van der Waals surface area contributed by atoms with Crippen molar-refractivity contribution in [2.24, 2.45) is 0 Å². The normalized spacial score (nSPS) is 11.0. The van der Waals surface area contributed by atoms with Gasteiger partial charge in [-0.1, -0.05) is 17.7 Å². The van der Waals surface area contributed by atoms with Crippen LogP contribution in [0.3, 0.4) is 0 Å². The van der Waals surface area contributed by atoms with Crippen molar-refractivity contribution < 1.29 is 17.6 Å². The Morgan fingerprint density at radius 2 is 1.37 bits per heavy atom. The summed E-state index contributed by atoms with van der Waals surface area (Å²) in [4.78, 5) is 12.2. The lowest BCUT2D eigenvalue weighted by Crippen LogP contribution is -2.14. The first-order valence-corrected chi connectivity index (χ1v) is 9.58. The highest BCUT2D eigenvalue weighted by Crippen LogP contribution is 2.18. The molecule has 3 aromatic carbocycles. The number of sulfonamides is 1. The topological polar surface area (TPSA) is 75.3 Å². The van der Waals surface area contributed by atoms with Gasteiger partial charge in [0.05, 0.1) is 4.90 Å². The molecule has 3 rings (SSSR count). The van der Waals surface area contributed by atoms with Gasteiger partial charge >= 0.3 is 0 Å². The molecule has 0 heterocycles. The minimum Gasteiger partial charge on any atom is -0.322 e. The molecule has 2 N–H and O–H groups in total. The van der Waals surface area contributed by atoms with Crippen molar-refractivity contribution in [3.8, 4) is 0 Å². The van der Waals surface area contributed by atoms with E-state index in [9.17, 15) is 17.6 Å². The molecule has 0 unspecified atom stereocenters. The van der Waals surface area contributed by atoms with Crippen LogP contribution in [0.1, 0.15) is 15.9 Å². The van der Waals surface area contributed by atoms with Crippen molar-refractivity contribution in [1.29, 1.82) is 0 Å². The number of benzene rings is 3. The van der Waals surface area contributed by atoms with Crippen LogP contribution in [0.25, 0.3) is 0 Å². The maximum atomic E-state index is 12.9. The van der Waals surface area contributed by atoms with E-state index in [0.29, 0.717) is 16.9 Å². The van der Waals surface area contributed by atoms with Crippen LogP contribution in [-0.2, 0) is 10.0 Å². The van der Waals surface area contributed by atoms with Crippen LogP contribution >= 0.6 is 0 Å². The van der Waals surface area contributed by atoms with Gasteiger partial charge < -0.3 is 5.32 Å². The van der Waals surface area contributed by atoms with Crippen molar-refractivity contribution in [2.45, 2.75) is 11.8 Å². The van der Waals surface area contributed by atoms with E-state index in [0.717, 1.165) is 17.7 Å². The van der Waals surface area contributed by atoms with Crippen LogP contribution in [0, 0.1) is 12.7 Å². The Morgan fingerprint density at radius 3 is 1.96 bits per heavy atom. The molecule has 7 heteroatoms. The Kier molecular flexibility index (Phi) is 5.23. The molecule has 0 bridgehead atoms. The fourth-order valence-electron chi connectivity index (χ4n) is 2.36. The van der Waals surface area contributed by atoms with Gasteiger partial charge in [-0.15, -0.1) is 0 Å². The summed E-state index contributed by atoms with van der Waals surface area (Å²) in [5, 5.41) is 2.77. The fourth-order valence-corrected chi connectivity index (χ4v) is 3.42. The van der Waals surface area contributed by atoms with Crippen LogP contribution in [0.4, 0.5) is 15.8 Å². The van der Waals surface area contributed by atoms with Crippen molar-refractivity contribution in [3.05, 3.63) is 89.7 Å². The second-order valence-corrected chi connectivity index (χ2v) is 7.64. The van der Waals surface area contributed by atoms with Crippen LogP contribution in [-0.4, -0.2) is 14.3 Å². The molecular weight excluding hydrogens is 367 g/mol. The summed E-state index contributed by atoms with van der Waals surface area (Å²) in [6.45, 7) is 1.96. The molecule has 138 valence electrons. The number of halogens is 1. The SMILES string of the molecule is Cc1ccc(NC(=O)c2ccc(NS(=O)(=O)c3ccc(F)cc3)cc2)cc1. The van der Waals surface area contributed by atoms with Crippen LogP contribution in [0.2, 0.25) is 0 Å². The molecule has 0 fully saturated rings. The van der Waals surface area contributed by atoms with Gasteiger partial charge in [0.25, 0.3) is 15.9 Å². The summed E-state index contributed by atoms with van der Waals surface area (Å²) in [5.41, 5.74) is 2.45. The highest BCUT2D eigenvalue weighted by molar-refractivity contribution is 7.92. The Bertz CT molecular complexity index is 1050. The van der Waals surface area contributed by atoms with Gasteiger partial charge in [-0.2, -0.15) is 0 Å². The Balaban J connectivity index is 1.70. The summed E-state index contributed by atoms with van der Waals surface area (Å²) in [6.07, 6.45) is 0. The number of carbonyl (C=O) groups is 1. The monoisotopic (exact) mass is 384 g/mol. The van der Waals surface area contributed by atoms with E-state index in [1.54, 1.807) is 12.1 Å². The number of anilines is 2. The maximum absolute atomic E-state index is 12.9. The molecule has 27 heavy (non-hydrogen) atoms. The van der Waals surface area contributed by atoms with Gasteiger partial charge in [-0.25, -0.2) is 12.8 Å². The highest BCUT2D eigenvalue weighted by atomic mass is 32.2. The molecule has 0 spiro atoms. The van der Waals surface area contributed by atoms with Gasteiger partial charge in [0.2, 0.25) is 0 Å². The number of carbonyl (C=O) groups excluding carboxylic acids is 1. The number of amides is 1. The molecule has 0 aliphatic heterocycles. The number of rotatable bonds is 5. The largest absolute Gasteiger partial charge is 0.322 e. The molecular formula is C20H17FN2O3S. The zero-order valence-corrected chi connectivity index (χ0v) is 15.3. The highest BCUT2D eigenvalue weighted by Gasteiger charge is 2.14.